The highest BCUT2D eigenvalue weighted by Gasteiger charge is 2.12. The Morgan fingerprint density at radius 2 is 2.35 bits per heavy atom. The zero-order valence-electron chi connectivity index (χ0n) is 10.9. The highest BCUT2D eigenvalue weighted by atomic mass is 16.4. The molecule has 0 bridgehead atoms. The molecule has 1 aromatic heterocycles. The molecule has 17 heavy (non-hydrogen) atoms. The summed E-state index contributed by atoms with van der Waals surface area (Å²) >= 11 is 0. The van der Waals surface area contributed by atoms with Crippen molar-refractivity contribution in [1.82, 2.24) is 14.7 Å². The lowest BCUT2D eigenvalue weighted by Gasteiger charge is -2.20. The minimum atomic E-state index is 0.0272. The van der Waals surface area contributed by atoms with Crippen molar-refractivity contribution < 1.29 is 5.21 Å². The minimum Gasteiger partial charge on any atom is -0.409 e. The lowest BCUT2D eigenvalue weighted by molar-refractivity contribution is 0.285. The average molecular weight is 239 g/mol. The Morgan fingerprint density at radius 3 is 2.82 bits per heavy atom. The molecular weight excluding hydrogens is 218 g/mol. The van der Waals surface area contributed by atoms with Crippen LogP contribution in [0.3, 0.4) is 0 Å². The summed E-state index contributed by atoms with van der Waals surface area (Å²) in [6, 6.07) is 2.06. The van der Waals surface area contributed by atoms with Gasteiger partial charge >= 0.3 is 0 Å². The molecule has 0 aliphatic heterocycles. The Balaban J connectivity index is 2.55. The lowest BCUT2D eigenvalue weighted by Crippen LogP contribution is -2.32. The second-order valence-electron chi connectivity index (χ2n) is 4.52. The summed E-state index contributed by atoms with van der Waals surface area (Å²) in [6.45, 7) is 5.43. The molecular formula is C11H21N5O. The van der Waals surface area contributed by atoms with Crippen LogP contribution < -0.4 is 5.73 Å². The SMILES string of the molecule is Cc1cc(CN(C)CC(C)C(N)=NO)n(C)n1. The summed E-state index contributed by atoms with van der Waals surface area (Å²) < 4.78 is 1.87. The largest absolute Gasteiger partial charge is 0.409 e. The van der Waals surface area contributed by atoms with Gasteiger partial charge in [0.15, 0.2) is 0 Å². The van der Waals surface area contributed by atoms with Gasteiger partial charge in [-0.1, -0.05) is 12.1 Å². The van der Waals surface area contributed by atoms with Crippen LogP contribution >= 0.6 is 0 Å². The van der Waals surface area contributed by atoms with Gasteiger partial charge in [0.2, 0.25) is 0 Å². The molecule has 6 nitrogen and oxygen atoms in total. The molecule has 1 aromatic rings. The highest BCUT2D eigenvalue weighted by molar-refractivity contribution is 5.82. The van der Waals surface area contributed by atoms with Crippen LogP contribution in [0.2, 0.25) is 0 Å². The van der Waals surface area contributed by atoms with Crippen molar-refractivity contribution in [2.75, 3.05) is 13.6 Å². The molecule has 1 heterocycles. The predicted octanol–water partition coefficient (Wildman–Crippen LogP) is 0.543. The first kappa shape index (κ1) is 13.5. The predicted molar refractivity (Wildman–Crippen MR) is 66.9 cm³/mol. The molecule has 0 aliphatic carbocycles. The number of hydrogen-bond donors (Lipinski definition) is 2. The van der Waals surface area contributed by atoms with Crippen LogP contribution in [0.5, 0.6) is 0 Å². The molecule has 0 saturated carbocycles. The molecule has 1 rings (SSSR count). The Bertz CT molecular complexity index is 399. The molecule has 0 aliphatic rings. The number of aryl methyl sites for hydroxylation is 2. The van der Waals surface area contributed by atoms with E-state index in [-0.39, 0.29) is 11.8 Å². The van der Waals surface area contributed by atoms with Gasteiger partial charge in [-0.05, 0) is 20.0 Å². The van der Waals surface area contributed by atoms with E-state index >= 15 is 0 Å². The summed E-state index contributed by atoms with van der Waals surface area (Å²) in [5.41, 5.74) is 7.71. The molecule has 1 unspecified atom stereocenters. The van der Waals surface area contributed by atoms with Crippen molar-refractivity contribution >= 4 is 5.84 Å². The zero-order chi connectivity index (χ0) is 13.0. The van der Waals surface area contributed by atoms with Crippen molar-refractivity contribution in [2.24, 2.45) is 23.9 Å². The van der Waals surface area contributed by atoms with Crippen LogP contribution in [0.25, 0.3) is 0 Å². The van der Waals surface area contributed by atoms with E-state index in [0.717, 1.165) is 24.5 Å². The highest BCUT2D eigenvalue weighted by Crippen LogP contribution is 2.07. The number of amidine groups is 1. The van der Waals surface area contributed by atoms with E-state index in [0.29, 0.717) is 0 Å². The zero-order valence-corrected chi connectivity index (χ0v) is 10.9. The summed E-state index contributed by atoms with van der Waals surface area (Å²) in [4.78, 5) is 2.12. The Hall–Kier alpha value is -1.56. The topological polar surface area (TPSA) is 79.7 Å². The fraction of sp³-hybridized carbons (Fsp3) is 0.636. The van der Waals surface area contributed by atoms with E-state index in [1.165, 1.54) is 0 Å². The van der Waals surface area contributed by atoms with Gasteiger partial charge in [0.25, 0.3) is 0 Å². The molecule has 0 radical (unpaired) electrons. The molecule has 6 heteroatoms. The van der Waals surface area contributed by atoms with E-state index in [1.807, 2.05) is 32.6 Å². The smallest absolute Gasteiger partial charge is 0.143 e. The number of nitrogens with two attached hydrogens (primary N) is 1. The maximum Gasteiger partial charge on any atom is 0.143 e. The first-order valence-corrected chi connectivity index (χ1v) is 5.59. The van der Waals surface area contributed by atoms with Crippen molar-refractivity contribution in [3.05, 3.63) is 17.5 Å². The maximum absolute atomic E-state index is 8.59. The van der Waals surface area contributed by atoms with E-state index in [2.05, 4.69) is 21.2 Å². The van der Waals surface area contributed by atoms with E-state index in [9.17, 15) is 0 Å². The molecule has 3 N–H and O–H groups in total. The number of oxime groups is 1. The second kappa shape index (κ2) is 5.67. The third kappa shape index (κ3) is 3.74. The van der Waals surface area contributed by atoms with Crippen molar-refractivity contribution in [3.8, 4) is 0 Å². The molecule has 0 saturated heterocycles. The van der Waals surface area contributed by atoms with Crippen LogP contribution in [0.4, 0.5) is 0 Å². The van der Waals surface area contributed by atoms with E-state index < -0.39 is 0 Å². The molecule has 0 fully saturated rings. The van der Waals surface area contributed by atoms with Crippen molar-refractivity contribution in [1.29, 1.82) is 0 Å². The summed E-state index contributed by atoms with van der Waals surface area (Å²) in [6.07, 6.45) is 0. The minimum absolute atomic E-state index is 0.0272. The molecule has 0 spiro atoms. The Morgan fingerprint density at radius 1 is 1.71 bits per heavy atom. The normalized spacial score (nSPS) is 14.3. The third-order valence-corrected chi connectivity index (χ3v) is 2.74. The Kier molecular flexibility index (Phi) is 4.51. The fourth-order valence-electron chi connectivity index (χ4n) is 1.81. The van der Waals surface area contributed by atoms with Gasteiger partial charge < -0.3 is 10.9 Å². The first-order chi connectivity index (χ1) is 7.93. The summed E-state index contributed by atoms with van der Waals surface area (Å²) in [7, 11) is 3.94. The summed E-state index contributed by atoms with van der Waals surface area (Å²) in [5, 5.41) is 15.9. The quantitative estimate of drug-likeness (QED) is 0.340. The first-order valence-electron chi connectivity index (χ1n) is 5.59. The van der Waals surface area contributed by atoms with E-state index in [4.69, 9.17) is 10.9 Å². The number of nitrogens with zero attached hydrogens (tertiary/aromatic N) is 4. The standard InChI is InChI=1S/C11H21N5O/c1-8(11(12)14-17)6-15(3)7-10-5-9(2)13-16(10)4/h5,8,17H,6-7H2,1-4H3,(H2,12,14). The van der Waals surface area contributed by atoms with E-state index in [1.54, 1.807) is 0 Å². The van der Waals surface area contributed by atoms with Crippen LogP contribution in [-0.2, 0) is 13.6 Å². The average Bonchev–Trinajstić information content (AvgIpc) is 2.55. The van der Waals surface area contributed by atoms with Crippen LogP contribution in [0.1, 0.15) is 18.3 Å². The summed E-state index contributed by atoms with van der Waals surface area (Å²) in [5.74, 6) is 0.289. The van der Waals surface area contributed by atoms with Gasteiger partial charge in [-0.3, -0.25) is 9.58 Å². The monoisotopic (exact) mass is 239 g/mol. The van der Waals surface area contributed by atoms with Crippen LogP contribution in [0, 0.1) is 12.8 Å². The maximum atomic E-state index is 8.59. The molecule has 0 amide bonds. The van der Waals surface area contributed by atoms with Crippen molar-refractivity contribution in [3.63, 3.8) is 0 Å². The molecule has 0 aromatic carbocycles. The van der Waals surface area contributed by atoms with Gasteiger partial charge in [-0.15, -0.1) is 0 Å². The Labute approximate surface area is 102 Å². The van der Waals surface area contributed by atoms with Gasteiger partial charge in [0, 0.05) is 26.1 Å². The van der Waals surface area contributed by atoms with Gasteiger partial charge in [0.05, 0.1) is 11.4 Å². The van der Waals surface area contributed by atoms with Gasteiger partial charge in [-0.2, -0.15) is 5.10 Å². The number of rotatable bonds is 5. The fourth-order valence-corrected chi connectivity index (χ4v) is 1.81. The second-order valence-corrected chi connectivity index (χ2v) is 4.52. The van der Waals surface area contributed by atoms with Gasteiger partial charge in [-0.25, -0.2) is 0 Å². The van der Waals surface area contributed by atoms with Crippen LogP contribution in [-0.4, -0.2) is 39.3 Å². The lowest BCUT2D eigenvalue weighted by atomic mass is 10.1. The molecule has 96 valence electrons. The third-order valence-electron chi connectivity index (χ3n) is 2.74. The van der Waals surface area contributed by atoms with Crippen LogP contribution in [0.15, 0.2) is 11.2 Å². The molecule has 1 atom stereocenters. The number of aromatic nitrogens is 2. The van der Waals surface area contributed by atoms with Gasteiger partial charge in [0.1, 0.15) is 5.84 Å². The number of hydrogen-bond acceptors (Lipinski definition) is 4. The van der Waals surface area contributed by atoms with Crippen molar-refractivity contribution in [2.45, 2.75) is 20.4 Å².